The standard InChI is InChI=1S/C29H24Br2N6O3S3/c1-29(2)11-19-22(12-40-29)43-25-23(19)24-32-34-27(41-13-20(38)15-3-7-17(30)8-4-15)36(24)26-33-35-28(37(25)26)42-14-21(39)16-5-9-18(31)10-6-16/h3-10,24,32H,11-14H2,1-2H3. The molecule has 0 aliphatic carbocycles. The molecule has 0 spiro atoms. The fourth-order valence-electron chi connectivity index (χ4n) is 5.23. The number of carbonyl (C=O) groups is 2. The summed E-state index contributed by atoms with van der Waals surface area (Å²) in [5, 5.41) is 16.1. The molecule has 220 valence electrons. The Morgan fingerprint density at radius 1 is 1.00 bits per heavy atom. The van der Waals surface area contributed by atoms with E-state index in [-0.39, 0.29) is 34.8 Å². The highest BCUT2D eigenvalue weighted by atomic mass is 79.9. The van der Waals surface area contributed by atoms with Gasteiger partial charge < -0.3 is 4.74 Å². The van der Waals surface area contributed by atoms with E-state index in [0.29, 0.717) is 34.0 Å². The lowest BCUT2D eigenvalue weighted by molar-refractivity contribution is -0.0385. The number of thiophene rings is 1. The molecule has 1 N–H and O–H groups in total. The summed E-state index contributed by atoms with van der Waals surface area (Å²) in [6, 6.07) is 14.7. The van der Waals surface area contributed by atoms with Gasteiger partial charge in [0, 0.05) is 36.9 Å². The molecule has 3 aliphatic heterocycles. The summed E-state index contributed by atoms with van der Waals surface area (Å²) in [6.07, 6.45) is 0.473. The molecular formula is C29H24Br2N6O3S3. The van der Waals surface area contributed by atoms with Gasteiger partial charge in [-0.2, -0.15) is 5.10 Å². The van der Waals surface area contributed by atoms with Gasteiger partial charge in [-0.05, 0) is 43.7 Å². The number of ketones is 2. The van der Waals surface area contributed by atoms with Crippen molar-refractivity contribution in [2.24, 2.45) is 5.10 Å². The van der Waals surface area contributed by atoms with Gasteiger partial charge in [0.2, 0.25) is 5.95 Å². The molecule has 0 radical (unpaired) electrons. The van der Waals surface area contributed by atoms with E-state index in [1.54, 1.807) is 11.3 Å². The van der Waals surface area contributed by atoms with Gasteiger partial charge in [-0.15, -0.1) is 21.5 Å². The quantitative estimate of drug-likeness (QED) is 0.158. The first-order chi connectivity index (χ1) is 20.7. The van der Waals surface area contributed by atoms with Crippen molar-refractivity contribution in [3.05, 3.63) is 84.6 Å². The average molecular weight is 761 g/mol. The highest BCUT2D eigenvalue weighted by molar-refractivity contribution is 9.10. The topological polar surface area (TPSA) is 102 Å². The molecule has 43 heavy (non-hydrogen) atoms. The number of nitrogens with zero attached hydrogens (tertiary/aromatic N) is 5. The Balaban J connectivity index is 1.21. The van der Waals surface area contributed by atoms with Crippen molar-refractivity contribution < 1.29 is 14.3 Å². The molecule has 4 aromatic rings. The molecule has 0 fully saturated rings. The molecule has 5 heterocycles. The van der Waals surface area contributed by atoms with Crippen molar-refractivity contribution in [1.82, 2.24) is 20.2 Å². The maximum atomic E-state index is 13.0. The Labute approximate surface area is 277 Å². The fourth-order valence-corrected chi connectivity index (χ4v) is 8.78. The van der Waals surface area contributed by atoms with Gasteiger partial charge in [0.1, 0.15) is 5.00 Å². The number of ether oxygens (including phenoxy) is 1. The van der Waals surface area contributed by atoms with Crippen LogP contribution in [0.15, 0.2) is 67.7 Å². The van der Waals surface area contributed by atoms with Crippen LogP contribution in [0.3, 0.4) is 0 Å². The number of thioether (sulfide) groups is 2. The van der Waals surface area contributed by atoms with Crippen LogP contribution in [0.1, 0.15) is 56.7 Å². The lowest BCUT2D eigenvalue weighted by atomic mass is 9.91. The third kappa shape index (κ3) is 5.50. The predicted octanol–water partition coefficient (Wildman–Crippen LogP) is 6.99. The summed E-state index contributed by atoms with van der Waals surface area (Å²) in [5.74, 6) is 1.06. The van der Waals surface area contributed by atoms with Crippen LogP contribution >= 0.6 is 66.7 Å². The number of rotatable bonds is 7. The highest BCUT2D eigenvalue weighted by Crippen LogP contribution is 2.50. The summed E-state index contributed by atoms with van der Waals surface area (Å²) < 4.78 is 10.0. The minimum atomic E-state index is -0.303. The molecule has 7 rings (SSSR count). The smallest absolute Gasteiger partial charge is 0.241 e. The number of benzene rings is 2. The first-order valence-corrected chi connectivity index (χ1v) is 17.8. The molecule has 2 aromatic heterocycles. The van der Waals surface area contributed by atoms with E-state index < -0.39 is 0 Å². The molecule has 2 aromatic carbocycles. The molecule has 0 bridgehead atoms. The second-order valence-corrected chi connectivity index (χ2v) is 15.6. The number of nitrogens with one attached hydrogen (secondary N) is 1. The number of fused-ring (bicyclic) bond motifs is 8. The third-order valence-corrected chi connectivity index (χ3v) is 11.5. The van der Waals surface area contributed by atoms with E-state index in [1.165, 1.54) is 34.0 Å². The van der Waals surface area contributed by atoms with Crippen molar-refractivity contribution in [2.75, 3.05) is 16.4 Å². The second-order valence-electron chi connectivity index (χ2n) is 10.8. The molecular weight excluding hydrogens is 736 g/mol. The van der Waals surface area contributed by atoms with Crippen LogP contribution in [0, 0.1) is 0 Å². The summed E-state index contributed by atoms with van der Waals surface area (Å²) in [5.41, 5.74) is 6.66. The molecule has 14 heteroatoms. The van der Waals surface area contributed by atoms with Crippen molar-refractivity contribution >= 4 is 89.4 Å². The van der Waals surface area contributed by atoms with Crippen LogP contribution in [0.25, 0.3) is 5.00 Å². The monoisotopic (exact) mass is 758 g/mol. The Bertz CT molecular complexity index is 1790. The maximum absolute atomic E-state index is 13.0. The van der Waals surface area contributed by atoms with E-state index in [0.717, 1.165) is 25.9 Å². The van der Waals surface area contributed by atoms with E-state index in [9.17, 15) is 9.59 Å². The summed E-state index contributed by atoms with van der Waals surface area (Å²) in [7, 11) is 0. The van der Waals surface area contributed by atoms with E-state index in [1.807, 2.05) is 58.0 Å². The van der Waals surface area contributed by atoms with Crippen molar-refractivity contribution in [3.63, 3.8) is 0 Å². The third-order valence-electron chi connectivity index (χ3n) is 7.36. The number of halogens is 2. The SMILES string of the molecule is CC1(C)Cc2c(sc3c2C2NN=C(SCC(=O)c4ccc(Br)cc4)N2c2nnc(SCC(=O)c4ccc(Br)cc4)n2-3)CO1. The molecule has 1 atom stereocenters. The van der Waals surface area contributed by atoms with Gasteiger partial charge in [-0.1, -0.05) is 79.6 Å². The van der Waals surface area contributed by atoms with Gasteiger partial charge >= 0.3 is 0 Å². The minimum absolute atomic E-state index is 0.0106. The van der Waals surface area contributed by atoms with Crippen LogP contribution in [0.5, 0.6) is 0 Å². The minimum Gasteiger partial charge on any atom is -0.370 e. The Kier molecular flexibility index (Phi) is 7.79. The molecule has 0 saturated heterocycles. The Morgan fingerprint density at radius 2 is 1.63 bits per heavy atom. The van der Waals surface area contributed by atoms with Gasteiger partial charge in [-0.3, -0.25) is 19.9 Å². The number of carbonyl (C=O) groups excluding carboxylic acids is 2. The first kappa shape index (κ1) is 29.2. The van der Waals surface area contributed by atoms with Crippen LogP contribution < -0.4 is 10.3 Å². The van der Waals surface area contributed by atoms with Crippen molar-refractivity contribution in [3.8, 4) is 5.00 Å². The van der Waals surface area contributed by atoms with Crippen LogP contribution in [0.2, 0.25) is 0 Å². The normalized spacial score (nSPS) is 17.8. The molecule has 0 amide bonds. The maximum Gasteiger partial charge on any atom is 0.241 e. The zero-order chi connectivity index (χ0) is 29.9. The number of hydrogen-bond acceptors (Lipinski definition) is 11. The zero-order valence-electron chi connectivity index (χ0n) is 23.0. The van der Waals surface area contributed by atoms with Crippen LogP contribution in [0.4, 0.5) is 5.95 Å². The zero-order valence-corrected chi connectivity index (χ0v) is 28.6. The summed E-state index contributed by atoms with van der Waals surface area (Å²) in [6.45, 7) is 4.74. The number of Topliss-reactive ketones (excluding diaryl/α,β-unsaturated/α-hetero) is 2. The van der Waals surface area contributed by atoms with Gasteiger partial charge in [0.15, 0.2) is 28.1 Å². The van der Waals surface area contributed by atoms with Crippen LogP contribution in [-0.2, 0) is 17.8 Å². The molecule has 3 aliphatic rings. The second kappa shape index (κ2) is 11.5. The highest BCUT2D eigenvalue weighted by Gasteiger charge is 2.46. The Morgan fingerprint density at radius 3 is 2.28 bits per heavy atom. The fraction of sp³-hybridized carbons (Fsp3) is 0.276. The summed E-state index contributed by atoms with van der Waals surface area (Å²) >= 11 is 11.2. The number of hydrogen-bond donors (Lipinski definition) is 1. The van der Waals surface area contributed by atoms with Crippen LogP contribution in [-0.4, -0.2) is 48.6 Å². The lowest BCUT2D eigenvalue weighted by Gasteiger charge is -2.34. The number of hydrazone groups is 1. The number of amidine groups is 1. The van der Waals surface area contributed by atoms with Gasteiger partial charge in [0.05, 0.1) is 23.7 Å². The van der Waals surface area contributed by atoms with Gasteiger partial charge in [0.25, 0.3) is 0 Å². The van der Waals surface area contributed by atoms with Crippen molar-refractivity contribution in [2.45, 2.75) is 43.8 Å². The summed E-state index contributed by atoms with van der Waals surface area (Å²) in [4.78, 5) is 29.2. The number of aromatic nitrogens is 3. The van der Waals surface area contributed by atoms with E-state index >= 15 is 0 Å². The van der Waals surface area contributed by atoms with E-state index in [4.69, 9.17) is 4.74 Å². The van der Waals surface area contributed by atoms with Crippen molar-refractivity contribution in [1.29, 1.82) is 0 Å². The predicted molar refractivity (Wildman–Crippen MR) is 178 cm³/mol. The number of anilines is 1. The average Bonchev–Trinajstić information content (AvgIpc) is 3.69. The lowest BCUT2D eigenvalue weighted by Crippen LogP contribution is -2.39. The van der Waals surface area contributed by atoms with E-state index in [2.05, 4.69) is 66.4 Å². The molecule has 9 nitrogen and oxygen atoms in total. The molecule has 0 saturated carbocycles. The Hall–Kier alpha value is -2.49. The molecule has 1 unspecified atom stereocenters. The van der Waals surface area contributed by atoms with Gasteiger partial charge in [-0.25, -0.2) is 4.57 Å². The largest absolute Gasteiger partial charge is 0.370 e. The first-order valence-electron chi connectivity index (χ1n) is 13.4.